The first-order valence-electron chi connectivity index (χ1n) is 11.5. The second kappa shape index (κ2) is 12.7. The minimum absolute atomic E-state index is 0.234. The summed E-state index contributed by atoms with van der Waals surface area (Å²) in [5.41, 5.74) is 0.312. The molecule has 0 amide bonds. The van der Waals surface area contributed by atoms with Crippen LogP contribution in [0.4, 0.5) is 0 Å². The van der Waals surface area contributed by atoms with Crippen LogP contribution in [0.2, 0.25) is 0 Å². The average Bonchev–Trinajstić information content (AvgIpc) is 3.12. The largest absolute Gasteiger partial charge is 0.496 e. The van der Waals surface area contributed by atoms with Crippen LogP contribution in [0.15, 0.2) is 28.7 Å². The van der Waals surface area contributed by atoms with E-state index in [0.717, 1.165) is 4.47 Å². The van der Waals surface area contributed by atoms with Crippen LogP contribution in [-0.2, 0) is 18.8 Å². The van der Waals surface area contributed by atoms with Crippen LogP contribution < -0.4 is 24.4 Å². The quantitative estimate of drug-likeness (QED) is 0.343. The van der Waals surface area contributed by atoms with Gasteiger partial charge in [-0.15, -0.1) is 0 Å². The summed E-state index contributed by atoms with van der Waals surface area (Å²) in [6, 6.07) is 6.76. The standard InChI is InChI=1S/C16H23BO6.C10H11BrO4/c1-15(2)16(3,4)23-17(22-15)10-8-11(19-5)13(14(18)21-7)12(9-10)20-6;1-13-7-4-6(11)5-8(14-2)9(7)10(12)15-3/h8-9H,1-7H3;4-5H,1-3H3. The van der Waals surface area contributed by atoms with E-state index in [9.17, 15) is 9.59 Å². The highest BCUT2D eigenvalue weighted by atomic mass is 79.9. The molecular weight excluding hydrogens is 563 g/mol. The van der Waals surface area contributed by atoms with Crippen LogP contribution in [0.3, 0.4) is 0 Å². The topological polar surface area (TPSA) is 108 Å². The molecule has 1 saturated heterocycles. The Bertz CT molecular complexity index is 1100. The first-order valence-corrected chi connectivity index (χ1v) is 12.3. The van der Waals surface area contributed by atoms with Gasteiger partial charge in [-0.25, -0.2) is 9.59 Å². The number of ether oxygens (including phenoxy) is 6. The lowest BCUT2D eigenvalue weighted by molar-refractivity contribution is 0.00578. The van der Waals surface area contributed by atoms with Crippen LogP contribution in [0.5, 0.6) is 23.0 Å². The van der Waals surface area contributed by atoms with Crippen LogP contribution in [0.25, 0.3) is 0 Å². The van der Waals surface area contributed by atoms with Crippen molar-refractivity contribution < 1.29 is 47.3 Å². The summed E-state index contributed by atoms with van der Waals surface area (Å²) in [6.45, 7) is 7.91. The fourth-order valence-electron chi connectivity index (χ4n) is 3.53. The summed E-state index contributed by atoms with van der Waals surface area (Å²) in [4.78, 5) is 23.5. The Morgan fingerprint density at radius 1 is 0.658 bits per heavy atom. The Balaban J connectivity index is 0.000000293. The molecule has 0 bridgehead atoms. The maximum Gasteiger partial charge on any atom is 0.495 e. The third kappa shape index (κ3) is 6.54. The molecule has 0 saturated carbocycles. The lowest BCUT2D eigenvalue weighted by atomic mass is 9.78. The molecule has 0 unspecified atom stereocenters. The number of rotatable bonds is 7. The molecule has 0 spiro atoms. The molecule has 1 aliphatic heterocycles. The highest BCUT2D eigenvalue weighted by Crippen LogP contribution is 2.38. The van der Waals surface area contributed by atoms with Crippen molar-refractivity contribution in [3.8, 4) is 23.0 Å². The Hall–Kier alpha value is -2.96. The van der Waals surface area contributed by atoms with Gasteiger partial charge < -0.3 is 37.7 Å². The second-order valence-corrected chi connectivity index (χ2v) is 9.97. The van der Waals surface area contributed by atoms with Gasteiger partial charge in [-0.3, -0.25) is 0 Å². The van der Waals surface area contributed by atoms with Gasteiger partial charge in [0.05, 0.1) is 53.9 Å². The van der Waals surface area contributed by atoms with Crippen LogP contribution in [0.1, 0.15) is 48.4 Å². The second-order valence-electron chi connectivity index (χ2n) is 9.06. The van der Waals surface area contributed by atoms with Crippen molar-refractivity contribution in [3.05, 3.63) is 39.9 Å². The number of carbonyl (C=O) groups excluding carboxylic acids is 2. The predicted molar refractivity (Wildman–Crippen MR) is 145 cm³/mol. The molecule has 1 heterocycles. The molecule has 2 aromatic rings. The van der Waals surface area contributed by atoms with E-state index in [0.29, 0.717) is 28.5 Å². The van der Waals surface area contributed by atoms with Crippen molar-refractivity contribution in [2.45, 2.75) is 38.9 Å². The zero-order chi connectivity index (χ0) is 28.8. The van der Waals surface area contributed by atoms with Crippen molar-refractivity contribution in [3.63, 3.8) is 0 Å². The number of halogens is 1. The molecule has 38 heavy (non-hydrogen) atoms. The van der Waals surface area contributed by atoms with E-state index in [1.807, 2.05) is 27.7 Å². The first kappa shape index (κ1) is 31.3. The smallest absolute Gasteiger partial charge is 0.495 e. The van der Waals surface area contributed by atoms with Crippen molar-refractivity contribution in [1.29, 1.82) is 0 Å². The number of hydrogen-bond acceptors (Lipinski definition) is 10. The molecule has 3 rings (SSSR count). The summed E-state index contributed by atoms with van der Waals surface area (Å²) >= 11 is 3.29. The molecule has 0 N–H and O–H groups in total. The van der Waals surface area contributed by atoms with Gasteiger partial charge in [-0.05, 0) is 57.4 Å². The minimum atomic E-state index is -0.575. The number of methoxy groups -OCH3 is 6. The number of benzene rings is 2. The molecule has 0 atom stereocenters. The van der Waals surface area contributed by atoms with Crippen molar-refractivity contribution in [1.82, 2.24) is 0 Å². The number of hydrogen-bond donors (Lipinski definition) is 0. The lowest BCUT2D eigenvalue weighted by Gasteiger charge is -2.32. The summed E-state index contributed by atoms with van der Waals surface area (Å²) in [5.74, 6) is 0.498. The van der Waals surface area contributed by atoms with Gasteiger partial charge in [0.15, 0.2) is 0 Å². The lowest BCUT2D eigenvalue weighted by Crippen LogP contribution is -2.41. The van der Waals surface area contributed by atoms with Gasteiger partial charge in [0.25, 0.3) is 0 Å². The summed E-state index contributed by atoms with van der Waals surface area (Å²) in [7, 11) is 7.97. The number of esters is 2. The molecule has 0 radical (unpaired) electrons. The van der Waals surface area contributed by atoms with E-state index in [-0.39, 0.29) is 11.1 Å². The van der Waals surface area contributed by atoms with Crippen molar-refractivity contribution >= 4 is 40.4 Å². The minimum Gasteiger partial charge on any atom is -0.496 e. The molecule has 1 aliphatic rings. The normalized spacial score (nSPS) is 15.1. The van der Waals surface area contributed by atoms with E-state index in [1.54, 1.807) is 24.3 Å². The van der Waals surface area contributed by atoms with E-state index in [4.69, 9.17) is 33.0 Å². The van der Waals surface area contributed by atoms with Crippen LogP contribution in [-0.4, -0.2) is 72.9 Å². The van der Waals surface area contributed by atoms with E-state index in [1.165, 1.54) is 42.7 Å². The molecule has 208 valence electrons. The van der Waals surface area contributed by atoms with Crippen molar-refractivity contribution in [2.75, 3.05) is 42.7 Å². The first-order chi connectivity index (χ1) is 17.8. The van der Waals surface area contributed by atoms with Gasteiger partial charge in [-0.1, -0.05) is 15.9 Å². The molecule has 12 heteroatoms. The van der Waals surface area contributed by atoms with Gasteiger partial charge >= 0.3 is 19.1 Å². The van der Waals surface area contributed by atoms with E-state index < -0.39 is 30.3 Å². The summed E-state index contributed by atoms with van der Waals surface area (Å²) < 4.78 is 43.1. The summed E-state index contributed by atoms with van der Waals surface area (Å²) in [5, 5.41) is 0. The van der Waals surface area contributed by atoms with E-state index in [2.05, 4.69) is 20.7 Å². The SMILES string of the molecule is COC(=O)c1c(OC)cc(B2OC(C)(C)C(C)(C)O2)cc1OC.COC(=O)c1c(OC)cc(Br)cc1OC. The van der Waals surface area contributed by atoms with Crippen molar-refractivity contribution in [2.24, 2.45) is 0 Å². The maximum atomic E-state index is 12.0. The monoisotopic (exact) mass is 596 g/mol. The Kier molecular flexibility index (Phi) is 10.5. The molecular formula is C26H34BBrO10. The fraction of sp³-hybridized carbons (Fsp3) is 0.462. The molecule has 2 aromatic carbocycles. The number of carbonyl (C=O) groups is 2. The Morgan fingerprint density at radius 2 is 0.974 bits per heavy atom. The highest BCUT2D eigenvalue weighted by molar-refractivity contribution is 9.10. The van der Waals surface area contributed by atoms with Gasteiger partial charge in [0, 0.05) is 4.47 Å². The zero-order valence-electron chi connectivity index (χ0n) is 23.3. The Morgan fingerprint density at radius 3 is 1.26 bits per heavy atom. The van der Waals surface area contributed by atoms with Gasteiger partial charge in [0.2, 0.25) is 0 Å². The van der Waals surface area contributed by atoms with Crippen LogP contribution >= 0.6 is 15.9 Å². The molecule has 1 fully saturated rings. The van der Waals surface area contributed by atoms with Gasteiger partial charge in [-0.2, -0.15) is 0 Å². The summed E-state index contributed by atoms with van der Waals surface area (Å²) in [6.07, 6.45) is 0. The molecule has 0 aromatic heterocycles. The molecule has 10 nitrogen and oxygen atoms in total. The van der Waals surface area contributed by atoms with E-state index >= 15 is 0 Å². The van der Waals surface area contributed by atoms with Crippen LogP contribution in [0, 0.1) is 0 Å². The third-order valence-corrected chi connectivity index (χ3v) is 6.76. The third-order valence-electron chi connectivity index (χ3n) is 6.30. The Labute approximate surface area is 232 Å². The maximum absolute atomic E-state index is 12.0. The van der Waals surface area contributed by atoms with Gasteiger partial charge in [0.1, 0.15) is 34.1 Å². The molecule has 0 aliphatic carbocycles. The predicted octanol–water partition coefficient (Wildman–Crippen LogP) is 4.04. The zero-order valence-corrected chi connectivity index (χ0v) is 24.9. The average molecular weight is 597 g/mol. The highest BCUT2D eigenvalue weighted by Gasteiger charge is 2.52. The fourth-order valence-corrected chi connectivity index (χ4v) is 3.95.